The second-order valence-corrected chi connectivity index (χ2v) is 8.93. The molecule has 0 spiro atoms. The van der Waals surface area contributed by atoms with Crippen molar-refractivity contribution < 1.29 is 9.18 Å². The summed E-state index contributed by atoms with van der Waals surface area (Å²) >= 11 is 6.25. The van der Waals surface area contributed by atoms with E-state index in [0.717, 1.165) is 29.7 Å². The van der Waals surface area contributed by atoms with Crippen molar-refractivity contribution in [3.63, 3.8) is 0 Å². The second-order valence-electron chi connectivity index (χ2n) is 8.53. The van der Waals surface area contributed by atoms with Gasteiger partial charge in [0.2, 0.25) is 5.91 Å². The molecular formula is C24H30ClFN4O. The molecule has 0 radical (unpaired) electrons. The summed E-state index contributed by atoms with van der Waals surface area (Å²) in [6.45, 7) is 6.79. The lowest BCUT2D eigenvalue weighted by Gasteiger charge is -2.27. The molecule has 2 aromatic carbocycles. The summed E-state index contributed by atoms with van der Waals surface area (Å²) in [5.74, 6) is 0.565. The molecule has 0 atom stereocenters. The molecule has 0 aromatic heterocycles. The third-order valence-corrected chi connectivity index (χ3v) is 5.89. The summed E-state index contributed by atoms with van der Waals surface area (Å²) in [6, 6.07) is 12.7. The van der Waals surface area contributed by atoms with E-state index in [9.17, 15) is 9.18 Å². The Kier molecular flexibility index (Phi) is 7.55. The largest absolute Gasteiger partial charge is 0.356 e. The highest BCUT2D eigenvalue weighted by molar-refractivity contribution is 6.31. The number of carbonyl (C=O) groups is 1. The fraction of sp³-hybridized carbons (Fsp3) is 0.417. The number of benzene rings is 2. The molecule has 1 amide bonds. The van der Waals surface area contributed by atoms with E-state index in [4.69, 9.17) is 11.6 Å². The number of guanidine groups is 1. The first-order valence-corrected chi connectivity index (χ1v) is 10.9. The van der Waals surface area contributed by atoms with Gasteiger partial charge in [0.1, 0.15) is 5.82 Å². The summed E-state index contributed by atoms with van der Waals surface area (Å²) in [7, 11) is 1.72. The van der Waals surface area contributed by atoms with Crippen molar-refractivity contribution in [3.8, 4) is 0 Å². The molecule has 1 fully saturated rings. The topological polar surface area (TPSA) is 56.7 Å². The van der Waals surface area contributed by atoms with Gasteiger partial charge in [-0.05, 0) is 35.2 Å². The molecule has 0 bridgehead atoms. The Morgan fingerprint density at radius 3 is 2.65 bits per heavy atom. The molecule has 7 heteroatoms. The lowest BCUT2D eigenvalue weighted by atomic mass is 9.84. The molecule has 2 N–H and O–H groups in total. The minimum Gasteiger partial charge on any atom is -0.356 e. The van der Waals surface area contributed by atoms with E-state index in [-0.39, 0.29) is 17.1 Å². The molecule has 1 heterocycles. The number of nitrogens with zero attached hydrogens (tertiary/aromatic N) is 2. The fourth-order valence-electron chi connectivity index (χ4n) is 3.77. The normalized spacial score (nSPS) is 14.8. The molecule has 31 heavy (non-hydrogen) atoms. The van der Waals surface area contributed by atoms with Crippen LogP contribution in [0.15, 0.2) is 47.5 Å². The van der Waals surface area contributed by atoms with Gasteiger partial charge in [0, 0.05) is 50.1 Å². The van der Waals surface area contributed by atoms with E-state index in [0.29, 0.717) is 37.0 Å². The van der Waals surface area contributed by atoms with Crippen LogP contribution in [0.2, 0.25) is 5.02 Å². The maximum Gasteiger partial charge on any atom is 0.222 e. The van der Waals surface area contributed by atoms with E-state index >= 15 is 0 Å². The van der Waals surface area contributed by atoms with Gasteiger partial charge < -0.3 is 15.5 Å². The van der Waals surface area contributed by atoms with Crippen LogP contribution in [0.5, 0.6) is 0 Å². The van der Waals surface area contributed by atoms with Crippen LogP contribution in [0.4, 0.5) is 4.39 Å². The van der Waals surface area contributed by atoms with Crippen LogP contribution < -0.4 is 10.6 Å². The van der Waals surface area contributed by atoms with Crippen molar-refractivity contribution in [2.45, 2.75) is 45.2 Å². The van der Waals surface area contributed by atoms with E-state index in [2.05, 4.69) is 47.7 Å². The number of aliphatic imine (C=N–C) groups is 1. The van der Waals surface area contributed by atoms with Crippen molar-refractivity contribution in [1.82, 2.24) is 15.5 Å². The van der Waals surface area contributed by atoms with Crippen LogP contribution in [0.25, 0.3) is 0 Å². The number of hydrogen-bond donors (Lipinski definition) is 2. The predicted molar refractivity (Wildman–Crippen MR) is 124 cm³/mol. The highest BCUT2D eigenvalue weighted by Gasteiger charge is 2.24. The predicted octanol–water partition coefficient (Wildman–Crippen LogP) is 4.24. The quantitative estimate of drug-likeness (QED) is 0.496. The Balaban J connectivity index is 1.55. The molecule has 0 aliphatic carbocycles. The Hall–Kier alpha value is -2.60. The van der Waals surface area contributed by atoms with Gasteiger partial charge >= 0.3 is 0 Å². The van der Waals surface area contributed by atoms with Gasteiger partial charge in [0.05, 0.1) is 0 Å². The summed E-state index contributed by atoms with van der Waals surface area (Å²) in [4.78, 5) is 18.1. The van der Waals surface area contributed by atoms with Crippen LogP contribution in [-0.4, -0.2) is 36.9 Å². The van der Waals surface area contributed by atoms with Crippen LogP contribution in [-0.2, 0) is 23.3 Å². The van der Waals surface area contributed by atoms with Gasteiger partial charge in [0.15, 0.2) is 5.96 Å². The fourth-order valence-corrected chi connectivity index (χ4v) is 4.20. The highest BCUT2D eigenvalue weighted by atomic mass is 35.5. The van der Waals surface area contributed by atoms with Crippen molar-refractivity contribution >= 4 is 23.5 Å². The van der Waals surface area contributed by atoms with E-state index in [1.807, 2.05) is 11.0 Å². The monoisotopic (exact) mass is 444 g/mol. The van der Waals surface area contributed by atoms with Crippen LogP contribution in [0.3, 0.4) is 0 Å². The summed E-state index contributed by atoms with van der Waals surface area (Å²) in [5, 5.41) is 7.08. The average molecular weight is 445 g/mol. The zero-order valence-corrected chi connectivity index (χ0v) is 19.1. The highest BCUT2D eigenvalue weighted by Crippen LogP contribution is 2.29. The molecule has 1 aliphatic rings. The third-order valence-electron chi connectivity index (χ3n) is 5.58. The summed E-state index contributed by atoms with van der Waals surface area (Å²) in [5.41, 5.74) is 2.81. The van der Waals surface area contributed by atoms with E-state index < -0.39 is 0 Å². The molecule has 0 saturated carbocycles. The van der Waals surface area contributed by atoms with Crippen LogP contribution in [0, 0.1) is 5.82 Å². The Morgan fingerprint density at radius 1 is 1.19 bits per heavy atom. The standard InChI is InChI=1S/C24H30ClFN4O/c1-24(2,20-10-9-19(26)13-21(20)25)16-29-23(27-3)28-14-17-6-4-7-18(12-17)15-30-11-5-8-22(30)31/h4,6-7,9-10,12-13H,5,8,11,14-16H2,1-3H3,(H2,27,28,29). The number of carbonyl (C=O) groups excluding carboxylic acids is 1. The Labute approximate surface area is 188 Å². The summed E-state index contributed by atoms with van der Waals surface area (Å²) in [6.07, 6.45) is 1.60. The lowest BCUT2D eigenvalue weighted by molar-refractivity contribution is -0.128. The summed E-state index contributed by atoms with van der Waals surface area (Å²) < 4.78 is 13.4. The number of hydrogen-bond acceptors (Lipinski definition) is 2. The van der Waals surface area contributed by atoms with Gasteiger partial charge in [-0.15, -0.1) is 0 Å². The van der Waals surface area contributed by atoms with Gasteiger partial charge in [-0.2, -0.15) is 0 Å². The third kappa shape index (κ3) is 6.20. The minimum absolute atomic E-state index is 0.233. The van der Waals surface area contributed by atoms with Gasteiger partial charge in [-0.25, -0.2) is 4.39 Å². The smallest absolute Gasteiger partial charge is 0.222 e. The first-order chi connectivity index (χ1) is 14.8. The average Bonchev–Trinajstić information content (AvgIpc) is 3.12. The zero-order valence-electron chi connectivity index (χ0n) is 18.3. The van der Waals surface area contributed by atoms with Crippen LogP contribution in [0.1, 0.15) is 43.4 Å². The molecule has 0 unspecified atom stereocenters. The Morgan fingerprint density at radius 2 is 1.97 bits per heavy atom. The second kappa shape index (κ2) is 10.1. The maximum absolute atomic E-state index is 13.4. The first-order valence-electron chi connectivity index (χ1n) is 10.5. The SMILES string of the molecule is CN=C(NCc1cccc(CN2CCCC2=O)c1)NCC(C)(C)c1ccc(F)cc1Cl. The first kappa shape index (κ1) is 23.1. The number of rotatable bonds is 7. The molecule has 1 saturated heterocycles. The Bertz CT molecular complexity index is 960. The van der Waals surface area contributed by atoms with Crippen molar-refractivity contribution in [2.24, 2.45) is 4.99 Å². The molecule has 2 aromatic rings. The number of nitrogens with one attached hydrogen (secondary N) is 2. The zero-order chi connectivity index (χ0) is 22.4. The number of amides is 1. The van der Waals surface area contributed by atoms with E-state index in [1.54, 1.807) is 13.1 Å². The minimum atomic E-state index is -0.341. The lowest BCUT2D eigenvalue weighted by Crippen LogP contribution is -2.43. The molecule has 1 aliphatic heterocycles. The maximum atomic E-state index is 13.4. The molecule has 166 valence electrons. The molecular weight excluding hydrogens is 415 g/mol. The van der Waals surface area contributed by atoms with Crippen molar-refractivity contribution in [1.29, 1.82) is 0 Å². The van der Waals surface area contributed by atoms with Gasteiger partial charge in [-0.1, -0.05) is 55.8 Å². The van der Waals surface area contributed by atoms with Gasteiger partial charge in [-0.3, -0.25) is 9.79 Å². The number of halogens is 2. The van der Waals surface area contributed by atoms with Crippen molar-refractivity contribution in [2.75, 3.05) is 20.1 Å². The van der Waals surface area contributed by atoms with Crippen LogP contribution >= 0.6 is 11.6 Å². The van der Waals surface area contributed by atoms with E-state index in [1.165, 1.54) is 12.1 Å². The molecule has 3 rings (SSSR count). The van der Waals surface area contributed by atoms with Crippen molar-refractivity contribution in [3.05, 3.63) is 70.0 Å². The van der Waals surface area contributed by atoms with Gasteiger partial charge in [0.25, 0.3) is 0 Å². The number of likely N-dealkylation sites (tertiary alicyclic amines) is 1. The molecule has 5 nitrogen and oxygen atoms in total.